The molecule has 5 heteroatoms. The van der Waals surface area contributed by atoms with E-state index in [2.05, 4.69) is 0 Å². The van der Waals surface area contributed by atoms with Crippen molar-refractivity contribution in [2.24, 2.45) is 0 Å². The van der Waals surface area contributed by atoms with Crippen molar-refractivity contribution < 1.29 is 24.1 Å². The third kappa shape index (κ3) is 3.06. The Bertz CT molecular complexity index is 622. The minimum Gasteiger partial charge on any atom is -0.507 e. The molecule has 0 aromatic heterocycles. The highest BCUT2D eigenvalue weighted by Gasteiger charge is 2.12. The number of aromatic hydroxyl groups is 1. The summed E-state index contributed by atoms with van der Waals surface area (Å²) in [4.78, 5) is 10.7. The second-order valence-corrected chi connectivity index (χ2v) is 4.28. The maximum atomic E-state index is 13.2. The zero-order chi connectivity index (χ0) is 14.7. The second kappa shape index (κ2) is 5.61. The van der Waals surface area contributed by atoms with Gasteiger partial charge in [-0.2, -0.15) is 0 Å². The number of phenolic OH excluding ortho intramolecular Hbond substituents is 1. The van der Waals surface area contributed by atoms with E-state index in [4.69, 9.17) is 9.84 Å². The number of benzene rings is 2. The van der Waals surface area contributed by atoms with Crippen molar-refractivity contribution in [3.05, 3.63) is 48.3 Å². The first-order chi connectivity index (χ1) is 9.47. The molecule has 2 aromatic carbocycles. The molecule has 0 fully saturated rings. The van der Waals surface area contributed by atoms with E-state index in [0.29, 0.717) is 16.9 Å². The van der Waals surface area contributed by atoms with Gasteiger partial charge in [-0.05, 0) is 42.8 Å². The number of carboxylic acid groups (broad SMARTS) is 1. The largest absolute Gasteiger partial charge is 0.507 e. The first-order valence-electron chi connectivity index (χ1n) is 5.96. The molecular weight excluding hydrogens is 263 g/mol. The van der Waals surface area contributed by atoms with Crippen LogP contribution in [0.15, 0.2) is 42.5 Å². The highest BCUT2D eigenvalue weighted by molar-refractivity contribution is 5.73. The van der Waals surface area contributed by atoms with Crippen LogP contribution in [0.1, 0.15) is 6.92 Å². The molecule has 0 aliphatic rings. The van der Waals surface area contributed by atoms with Crippen molar-refractivity contribution >= 4 is 5.97 Å². The van der Waals surface area contributed by atoms with E-state index in [0.717, 1.165) is 0 Å². The molecule has 0 heterocycles. The zero-order valence-electron chi connectivity index (χ0n) is 10.7. The van der Waals surface area contributed by atoms with Gasteiger partial charge < -0.3 is 14.9 Å². The lowest BCUT2D eigenvalue weighted by Crippen LogP contribution is -2.22. The molecule has 0 radical (unpaired) electrons. The van der Waals surface area contributed by atoms with Gasteiger partial charge in [-0.1, -0.05) is 12.1 Å². The first kappa shape index (κ1) is 13.9. The Morgan fingerprint density at radius 3 is 2.45 bits per heavy atom. The minimum atomic E-state index is -1.06. The molecule has 0 bridgehead atoms. The first-order valence-corrected chi connectivity index (χ1v) is 5.96. The molecule has 0 saturated carbocycles. The second-order valence-electron chi connectivity index (χ2n) is 4.28. The Labute approximate surface area is 115 Å². The van der Waals surface area contributed by atoms with Crippen molar-refractivity contribution in [3.63, 3.8) is 0 Å². The molecule has 1 unspecified atom stereocenters. The minimum absolute atomic E-state index is 0.0287. The normalized spacial score (nSPS) is 11.9. The van der Waals surface area contributed by atoms with Gasteiger partial charge in [-0.3, -0.25) is 0 Å². The van der Waals surface area contributed by atoms with Crippen LogP contribution >= 0.6 is 0 Å². The Hall–Kier alpha value is -2.56. The molecule has 0 aliphatic carbocycles. The average molecular weight is 276 g/mol. The fraction of sp³-hybridized carbons (Fsp3) is 0.133. The van der Waals surface area contributed by atoms with Crippen molar-refractivity contribution in [1.82, 2.24) is 0 Å². The van der Waals surface area contributed by atoms with E-state index >= 15 is 0 Å². The maximum Gasteiger partial charge on any atom is 0.344 e. The molecule has 0 spiro atoms. The van der Waals surface area contributed by atoms with E-state index in [1.807, 2.05) is 0 Å². The van der Waals surface area contributed by atoms with Gasteiger partial charge in [0.25, 0.3) is 0 Å². The van der Waals surface area contributed by atoms with Gasteiger partial charge in [-0.15, -0.1) is 0 Å². The van der Waals surface area contributed by atoms with Gasteiger partial charge in [0.05, 0.1) is 0 Å². The number of carboxylic acids is 1. The molecular formula is C15H13FO4. The SMILES string of the molecule is CC(Oc1ccc(-c2cc(F)ccc2O)cc1)C(=O)O. The summed E-state index contributed by atoms with van der Waals surface area (Å²) in [7, 11) is 0. The van der Waals surface area contributed by atoms with E-state index in [1.165, 1.54) is 25.1 Å². The lowest BCUT2D eigenvalue weighted by Gasteiger charge is -2.11. The molecule has 0 aliphatic heterocycles. The Balaban J connectivity index is 2.24. The predicted octanol–water partition coefficient (Wildman–Crippen LogP) is 3.05. The summed E-state index contributed by atoms with van der Waals surface area (Å²) in [6.07, 6.45) is -0.955. The van der Waals surface area contributed by atoms with Crippen LogP contribution in [-0.2, 0) is 4.79 Å². The summed E-state index contributed by atoms with van der Waals surface area (Å²) in [5.41, 5.74) is 0.972. The van der Waals surface area contributed by atoms with Crippen LogP contribution in [0, 0.1) is 5.82 Å². The fourth-order valence-electron chi connectivity index (χ4n) is 1.71. The Morgan fingerprint density at radius 2 is 1.85 bits per heavy atom. The standard InChI is InChI=1S/C15H13FO4/c1-9(15(18)19)20-12-5-2-10(3-6-12)13-8-11(16)4-7-14(13)17/h2-9,17H,1H3,(H,18,19). The molecule has 0 saturated heterocycles. The summed E-state index contributed by atoms with van der Waals surface area (Å²) >= 11 is 0. The third-order valence-electron chi connectivity index (χ3n) is 2.78. The van der Waals surface area contributed by atoms with Crippen LogP contribution in [0.4, 0.5) is 4.39 Å². The van der Waals surface area contributed by atoms with Gasteiger partial charge in [0.2, 0.25) is 0 Å². The van der Waals surface area contributed by atoms with Gasteiger partial charge in [0.15, 0.2) is 6.10 Å². The Kier molecular flexibility index (Phi) is 3.89. The molecule has 2 N–H and O–H groups in total. The van der Waals surface area contributed by atoms with Crippen molar-refractivity contribution in [1.29, 1.82) is 0 Å². The summed E-state index contributed by atoms with van der Waals surface area (Å²) in [6, 6.07) is 10.1. The van der Waals surface area contributed by atoms with E-state index in [9.17, 15) is 14.3 Å². The van der Waals surface area contributed by atoms with Gasteiger partial charge in [0, 0.05) is 5.56 Å². The zero-order valence-corrected chi connectivity index (χ0v) is 10.7. The third-order valence-corrected chi connectivity index (χ3v) is 2.78. The van der Waals surface area contributed by atoms with Crippen LogP contribution < -0.4 is 4.74 Å². The Morgan fingerprint density at radius 1 is 1.20 bits per heavy atom. The van der Waals surface area contributed by atoms with Crippen molar-refractivity contribution in [2.45, 2.75) is 13.0 Å². The lowest BCUT2D eigenvalue weighted by molar-refractivity contribution is -0.144. The van der Waals surface area contributed by atoms with E-state index in [-0.39, 0.29) is 5.75 Å². The molecule has 20 heavy (non-hydrogen) atoms. The number of rotatable bonds is 4. The quantitative estimate of drug-likeness (QED) is 0.900. The maximum absolute atomic E-state index is 13.2. The number of halogens is 1. The molecule has 104 valence electrons. The molecule has 0 amide bonds. The number of carbonyl (C=O) groups is 1. The molecule has 2 aromatic rings. The van der Waals surface area contributed by atoms with Gasteiger partial charge in [-0.25, -0.2) is 9.18 Å². The van der Waals surface area contributed by atoms with Gasteiger partial charge >= 0.3 is 5.97 Å². The van der Waals surface area contributed by atoms with Crippen LogP contribution in [0.2, 0.25) is 0 Å². The average Bonchev–Trinajstić information content (AvgIpc) is 2.42. The van der Waals surface area contributed by atoms with Crippen molar-refractivity contribution in [3.8, 4) is 22.6 Å². The topological polar surface area (TPSA) is 66.8 Å². The number of phenols is 1. The molecule has 1 atom stereocenters. The summed E-state index contributed by atoms with van der Waals surface area (Å²) < 4.78 is 18.4. The van der Waals surface area contributed by atoms with E-state index < -0.39 is 17.9 Å². The lowest BCUT2D eigenvalue weighted by atomic mass is 10.0. The number of hydrogen-bond acceptors (Lipinski definition) is 3. The highest BCUT2D eigenvalue weighted by Crippen LogP contribution is 2.30. The highest BCUT2D eigenvalue weighted by atomic mass is 19.1. The monoisotopic (exact) mass is 276 g/mol. The van der Waals surface area contributed by atoms with Crippen LogP contribution in [0.3, 0.4) is 0 Å². The van der Waals surface area contributed by atoms with E-state index in [1.54, 1.807) is 24.3 Å². The predicted molar refractivity (Wildman–Crippen MR) is 71.2 cm³/mol. The van der Waals surface area contributed by atoms with Crippen LogP contribution in [-0.4, -0.2) is 22.3 Å². The molecule has 4 nitrogen and oxygen atoms in total. The van der Waals surface area contributed by atoms with Gasteiger partial charge in [0.1, 0.15) is 17.3 Å². The smallest absolute Gasteiger partial charge is 0.344 e. The number of hydrogen-bond donors (Lipinski definition) is 2. The summed E-state index contributed by atoms with van der Waals surface area (Å²) in [5.74, 6) is -1.15. The fourth-order valence-corrected chi connectivity index (χ4v) is 1.71. The number of ether oxygens (including phenoxy) is 1. The summed E-state index contributed by atoms with van der Waals surface area (Å²) in [6.45, 7) is 1.43. The van der Waals surface area contributed by atoms with Crippen LogP contribution in [0.5, 0.6) is 11.5 Å². The number of aliphatic carboxylic acids is 1. The molecule has 2 rings (SSSR count). The van der Waals surface area contributed by atoms with Crippen molar-refractivity contribution in [2.75, 3.05) is 0 Å². The summed E-state index contributed by atoms with van der Waals surface area (Å²) in [5, 5.41) is 18.4. The van der Waals surface area contributed by atoms with Crippen LogP contribution in [0.25, 0.3) is 11.1 Å².